The second kappa shape index (κ2) is 18.0. The number of aromatic carboxylic acids is 1. The van der Waals surface area contributed by atoms with E-state index in [2.05, 4.69) is 13.8 Å². The SMILES string of the molecule is CCCCCCCCC(CCCCCCC)OC(=O)c1ccccc1C(=O)[O-].[Na+]. The number of benzene rings is 1. The maximum absolute atomic E-state index is 12.6. The Labute approximate surface area is 199 Å². The van der Waals surface area contributed by atoms with E-state index >= 15 is 0 Å². The van der Waals surface area contributed by atoms with E-state index in [1.807, 2.05) is 0 Å². The third-order valence-corrected chi connectivity index (χ3v) is 5.15. The molecule has 0 aromatic heterocycles. The zero-order valence-electron chi connectivity index (χ0n) is 18.7. The summed E-state index contributed by atoms with van der Waals surface area (Å²) < 4.78 is 5.73. The quantitative estimate of drug-likeness (QED) is 0.238. The molecule has 0 saturated carbocycles. The van der Waals surface area contributed by atoms with Crippen LogP contribution >= 0.6 is 0 Å². The fourth-order valence-corrected chi connectivity index (χ4v) is 3.44. The minimum atomic E-state index is -1.35. The third kappa shape index (κ3) is 12.5. The van der Waals surface area contributed by atoms with Gasteiger partial charge < -0.3 is 14.6 Å². The third-order valence-electron chi connectivity index (χ3n) is 5.15. The monoisotopic (exact) mass is 412 g/mol. The predicted molar refractivity (Wildman–Crippen MR) is 111 cm³/mol. The van der Waals surface area contributed by atoms with Gasteiger partial charge in [-0.15, -0.1) is 0 Å². The van der Waals surface area contributed by atoms with Gasteiger partial charge in [0.15, 0.2) is 0 Å². The molecular formula is C24H37NaO4. The summed E-state index contributed by atoms with van der Waals surface area (Å²) in [5.74, 6) is -1.90. The number of esters is 1. The Kier molecular flexibility index (Phi) is 17.5. The number of hydrogen-bond donors (Lipinski definition) is 0. The molecule has 0 heterocycles. The van der Waals surface area contributed by atoms with E-state index in [0.29, 0.717) is 0 Å². The fraction of sp³-hybridized carbons (Fsp3) is 0.667. The Morgan fingerprint density at radius 1 is 0.793 bits per heavy atom. The number of carboxylic acids is 1. The van der Waals surface area contributed by atoms with E-state index in [1.54, 1.807) is 12.1 Å². The summed E-state index contributed by atoms with van der Waals surface area (Å²) in [7, 11) is 0. The van der Waals surface area contributed by atoms with Gasteiger partial charge in [0, 0.05) is 5.56 Å². The van der Waals surface area contributed by atoms with Gasteiger partial charge in [-0.3, -0.25) is 0 Å². The van der Waals surface area contributed by atoms with E-state index in [4.69, 9.17) is 4.74 Å². The van der Waals surface area contributed by atoms with Crippen LogP contribution in [0.2, 0.25) is 0 Å². The minimum absolute atomic E-state index is 0. The van der Waals surface area contributed by atoms with Crippen molar-refractivity contribution < 1.29 is 49.0 Å². The van der Waals surface area contributed by atoms with E-state index < -0.39 is 11.9 Å². The van der Waals surface area contributed by atoms with Crippen LogP contribution in [0.1, 0.15) is 118 Å². The van der Waals surface area contributed by atoms with Gasteiger partial charge in [0.25, 0.3) is 0 Å². The molecule has 1 aromatic carbocycles. The Morgan fingerprint density at radius 3 is 1.72 bits per heavy atom. The fourth-order valence-electron chi connectivity index (χ4n) is 3.44. The van der Waals surface area contributed by atoms with Crippen LogP contribution in [0.4, 0.5) is 0 Å². The van der Waals surface area contributed by atoms with Crippen molar-refractivity contribution in [1.29, 1.82) is 0 Å². The van der Waals surface area contributed by atoms with Crippen molar-refractivity contribution >= 4 is 11.9 Å². The van der Waals surface area contributed by atoms with Crippen LogP contribution in [0.25, 0.3) is 0 Å². The smallest absolute Gasteiger partial charge is 0.545 e. The second-order valence-electron chi connectivity index (χ2n) is 7.62. The minimum Gasteiger partial charge on any atom is -0.545 e. The average molecular weight is 413 g/mol. The average Bonchev–Trinajstić information content (AvgIpc) is 2.70. The Balaban J connectivity index is 0.00000784. The molecule has 1 atom stereocenters. The number of rotatable bonds is 16. The van der Waals surface area contributed by atoms with Gasteiger partial charge in [0.2, 0.25) is 0 Å². The van der Waals surface area contributed by atoms with E-state index in [-0.39, 0.29) is 46.8 Å². The van der Waals surface area contributed by atoms with E-state index in [1.165, 1.54) is 57.1 Å². The number of hydrogen-bond acceptors (Lipinski definition) is 4. The summed E-state index contributed by atoms with van der Waals surface area (Å²) in [4.78, 5) is 23.8. The number of carboxylic acid groups (broad SMARTS) is 1. The molecule has 0 radical (unpaired) electrons. The summed E-state index contributed by atoms with van der Waals surface area (Å²) >= 11 is 0. The van der Waals surface area contributed by atoms with Gasteiger partial charge >= 0.3 is 35.5 Å². The molecule has 0 fully saturated rings. The van der Waals surface area contributed by atoms with Crippen LogP contribution in [0.3, 0.4) is 0 Å². The van der Waals surface area contributed by atoms with Crippen LogP contribution in [-0.2, 0) is 4.74 Å². The van der Waals surface area contributed by atoms with Crippen molar-refractivity contribution in [3.05, 3.63) is 35.4 Å². The van der Waals surface area contributed by atoms with Crippen molar-refractivity contribution in [2.24, 2.45) is 0 Å². The topological polar surface area (TPSA) is 66.4 Å². The number of ether oxygens (including phenoxy) is 1. The molecule has 0 aliphatic heterocycles. The molecule has 158 valence electrons. The molecule has 4 nitrogen and oxygen atoms in total. The zero-order valence-corrected chi connectivity index (χ0v) is 20.7. The van der Waals surface area contributed by atoms with Crippen LogP contribution < -0.4 is 34.7 Å². The van der Waals surface area contributed by atoms with E-state index in [0.717, 1.165) is 38.5 Å². The summed E-state index contributed by atoms with van der Waals surface area (Å²) in [5, 5.41) is 11.3. The van der Waals surface area contributed by atoms with Crippen LogP contribution in [0, 0.1) is 0 Å². The molecule has 29 heavy (non-hydrogen) atoms. The molecule has 0 aliphatic rings. The first-order valence-corrected chi connectivity index (χ1v) is 11.1. The first-order valence-electron chi connectivity index (χ1n) is 11.1. The molecule has 0 aliphatic carbocycles. The van der Waals surface area contributed by atoms with Crippen molar-refractivity contribution in [2.75, 3.05) is 0 Å². The van der Waals surface area contributed by atoms with Crippen molar-refractivity contribution in [3.8, 4) is 0 Å². The van der Waals surface area contributed by atoms with Crippen LogP contribution in [-0.4, -0.2) is 18.0 Å². The first kappa shape index (κ1) is 28.2. The zero-order chi connectivity index (χ0) is 20.6. The normalized spacial score (nSPS) is 11.5. The Morgan fingerprint density at radius 2 is 1.24 bits per heavy atom. The van der Waals surface area contributed by atoms with Gasteiger partial charge in [0.1, 0.15) is 6.10 Å². The molecule has 0 spiro atoms. The van der Waals surface area contributed by atoms with Gasteiger partial charge in [0.05, 0.1) is 11.5 Å². The van der Waals surface area contributed by atoms with Crippen LogP contribution in [0.5, 0.6) is 0 Å². The molecule has 1 rings (SSSR count). The molecule has 1 unspecified atom stereocenters. The summed E-state index contributed by atoms with van der Waals surface area (Å²) in [6.45, 7) is 4.40. The molecule has 0 amide bonds. The molecule has 1 aromatic rings. The standard InChI is InChI=1S/C24H38O4.Na/c1-3-5-7-9-11-13-17-20(16-12-10-8-6-4-2)28-24(27)22-19-15-14-18-21(22)23(25)26;/h14-15,18-20H,3-13,16-17H2,1-2H3,(H,25,26);/q;+1/p-1. The molecular weight excluding hydrogens is 375 g/mol. The summed E-state index contributed by atoms with van der Waals surface area (Å²) in [6.07, 6.45) is 14.6. The van der Waals surface area contributed by atoms with E-state index in [9.17, 15) is 14.7 Å². The maximum atomic E-state index is 12.6. The van der Waals surface area contributed by atoms with Gasteiger partial charge in [-0.05, 0) is 31.7 Å². The molecule has 0 N–H and O–H groups in total. The first-order chi connectivity index (χ1) is 13.6. The summed E-state index contributed by atoms with van der Waals surface area (Å²) in [6, 6.07) is 6.12. The number of unbranched alkanes of at least 4 members (excludes halogenated alkanes) is 9. The second-order valence-corrected chi connectivity index (χ2v) is 7.62. The van der Waals surface area contributed by atoms with Crippen LogP contribution in [0.15, 0.2) is 24.3 Å². The molecule has 0 bridgehead atoms. The number of carbonyl (C=O) groups is 2. The Bertz CT molecular complexity index is 574. The number of carbonyl (C=O) groups excluding carboxylic acids is 2. The van der Waals surface area contributed by atoms with Crippen molar-refractivity contribution in [1.82, 2.24) is 0 Å². The molecule has 5 heteroatoms. The van der Waals surface area contributed by atoms with Gasteiger partial charge in [-0.2, -0.15) is 0 Å². The summed E-state index contributed by atoms with van der Waals surface area (Å²) in [5.41, 5.74) is -0.0183. The van der Waals surface area contributed by atoms with Crippen molar-refractivity contribution in [3.63, 3.8) is 0 Å². The van der Waals surface area contributed by atoms with Gasteiger partial charge in [-0.1, -0.05) is 89.8 Å². The molecule has 0 saturated heterocycles. The Hall–Kier alpha value is -0.840. The van der Waals surface area contributed by atoms with Crippen molar-refractivity contribution in [2.45, 2.75) is 103 Å². The predicted octanol–water partition coefficient (Wildman–Crippen LogP) is 2.69. The van der Waals surface area contributed by atoms with Gasteiger partial charge in [-0.25, -0.2) is 4.79 Å². The maximum Gasteiger partial charge on any atom is 1.00 e. The largest absolute Gasteiger partial charge is 1.00 e.